The van der Waals surface area contributed by atoms with Gasteiger partial charge in [0.25, 0.3) is 5.91 Å². The molecule has 0 aliphatic carbocycles. The molecule has 1 aliphatic heterocycles. The number of amides is 1. The van der Waals surface area contributed by atoms with E-state index in [1.165, 1.54) is 5.57 Å². The third-order valence-corrected chi connectivity index (χ3v) is 5.30. The van der Waals surface area contributed by atoms with E-state index >= 15 is 0 Å². The quantitative estimate of drug-likeness (QED) is 0.612. The van der Waals surface area contributed by atoms with Crippen LogP contribution in [0, 0.1) is 0 Å². The van der Waals surface area contributed by atoms with Gasteiger partial charge in [-0.2, -0.15) is 0 Å². The largest absolute Gasteiger partial charge is 0.352 e. The molecule has 1 unspecified atom stereocenters. The molecule has 0 saturated carbocycles. The van der Waals surface area contributed by atoms with E-state index in [0.29, 0.717) is 17.4 Å². The van der Waals surface area contributed by atoms with Crippen LogP contribution >= 0.6 is 11.8 Å². The van der Waals surface area contributed by atoms with Crippen molar-refractivity contribution in [2.24, 2.45) is 4.99 Å². The van der Waals surface area contributed by atoms with E-state index in [0.717, 1.165) is 35.6 Å². The highest BCUT2D eigenvalue weighted by atomic mass is 32.2. The summed E-state index contributed by atoms with van der Waals surface area (Å²) in [6.07, 6.45) is 10.7. The number of hydrogen-bond donors (Lipinski definition) is 1. The van der Waals surface area contributed by atoms with Gasteiger partial charge >= 0.3 is 0 Å². The van der Waals surface area contributed by atoms with Crippen molar-refractivity contribution in [1.82, 2.24) is 5.32 Å². The molecule has 0 saturated heterocycles. The van der Waals surface area contributed by atoms with Gasteiger partial charge in [-0.25, -0.2) is 0 Å². The summed E-state index contributed by atoms with van der Waals surface area (Å²) in [6.45, 7) is 10.8. The van der Waals surface area contributed by atoms with Gasteiger partial charge in [-0.1, -0.05) is 51.2 Å². The predicted octanol–water partition coefficient (Wildman–Crippen LogP) is 5.86. The van der Waals surface area contributed by atoms with Gasteiger partial charge < -0.3 is 5.32 Å². The van der Waals surface area contributed by atoms with Crippen LogP contribution < -0.4 is 5.32 Å². The zero-order chi connectivity index (χ0) is 18.9. The molecule has 4 heteroatoms. The number of carbonyl (C=O) groups is 1. The molecule has 138 valence electrons. The van der Waals surface area contributed by atoms with Gasteiger partial charge in [0.15, 0.2) is 0 Å². The monoisotopic (exact) mass is 368 g/mol. The van der Waals surface area contributed by atoms with Crippen LogP contribution in [0.2, 0.25) is 0 Å². The minimum Gasteiger partial charge on any atom is -0.352 e. The molecule has 1 aromatic rings. The van der Waals surface area contributed by atoms with Crippen molar-refractivity contribution in [2.45, 2.75) is 50.2 Å². The van der Waals surface area contributed by atoms with E-state index < -0.39 is 0 Å². The van der Waals surface area contributed by atoms with Crippen molar-refractivity contribution in [1.29, 1.82) is 0 Å². The smallest absolute Gasteiger partial charge is 0.251 e. The highest BCUT2D eigenvalue weighted by Crippen LogP contribution is 2.40. The number of benzene rings is 1. The Morgan fingerprint density at radius 1 is 1.31 bits per heavy atom. The molecule has 26 heavy (non-hydrogen) atoms. The molecule has 1 aromatic carbocycles. The second-order valence-electron chi connectivity index (χ2n) is 6.25. The zero-order valence-corrected chi connectivity index (χ0v) is 16.7. The molecule has 0 aromatic heterocycles. The minimum absolute atomic E-state index is 0.0335. The normalized spacial score (nSPS) is 18.3. The third-order valence-electron chi connectivity index (χ3n) is 4.10. The van der Waals surface area contributed by atoms with E-state index in [4.69, 9.17) is 4.99 Å². The molecule has 1 aliphatic rings. The predicted molar refractivity (Wildman–Crippen MR) is 114 cm³/mol. The summed E-state index contributed by atoms with van der Waals surface area (Å²) in [5, 5.41) is 3.24. The van der Waals surface area contributed by atoms with Crippen LogP contribution in [0.1, 0.15) is 50.4 Å². The number of nitrogens with zero attached hydrogens (tertiary/aromatic N) is 1. The van der Waals surface area contributed by atoms with Crippen LogP contribution in [-0.2, 0) is 0 Å². The number of carbonyl (C=O) groups excluding carboxylic acids is 1. The summed E-state index contributed by atoms with van der Waals surface area (Å²) in [5.41, 5.74) is 3.91. The molecule has 1 amide bonds. The van der Waals surface area contributed by atoms with Crippen molar-refractivity contribution in [3.05, 3.63) is 60.2 Å². The topological polar surface area (TPSA) is 41.5 Å². The molecular weight excluding hydrogens is 340 g/mol. The maximum absolute atomic E-state index is 12.3. The Balaban J connectivity index is 2.43. The van der Waals surface area contributed by atoms with Gasteiger partial charge in [0, 0.05) is 28.0 Å². The Hall–Kier alpha value is -2.07. The molecule has 3 nitrogen and oxygen atoms in total. The molecule has 0 spiro atoms. The van der Waals surface area contributed by atoms with E-state index in [2.05, 4.69) is 31.8 Å². The van der Waals surface area contributed by atoms with Crippen molar-refractivity contribution >= 4 is 29.1 Å². The SMILES string of the molecule is C=C/C=C\C=C1\C(CCC)=Nc2cc(C(=O)NCCC)ccc2SC1C. The van der Waals surface area contributed by atoms with E-state index in [1.54, 1.807) is 17.8 Å². The first kappa shape index (κ1) is 20.2. The van der Waals surface area contributed by atoms with Gasteiger partial charge in [0.05, 0.1) is 5.69 Å². The van der Waals surface area contributed by atoms with Crippen molar-refractivity contribution in [3.63, 3.8) is 0 Å². The fraction of sp³-hybridized carbons (Fsp3) is 0.364. The lowest BCUT2D eigenvalue weighted by Gasteiger charge is -2.14. The molecule has 1 heterocycles. The number of nitrogens with one attached hydrogen (secondary N) is 1. The van der Waals surface area contributed by atoms with E-state index in [1.807, 2.05) is 37.3 Å². The molecule has 0 fully saturated rings. The van der Waals surface area contributed by atoms with Gasteiger partial charge in [-0.15, -0.1) is 11.8 Å². The zero-order valence-electron chi connectivity index (χ0n) is 15.9. The second kappa shape index (κ2) is 10.2. The summed E-state index contributed by atoms with van der Waals surface area (Å²) < 4.78 is 0. The van der Waals surface area contributed by atoms with Gasteiger partial charge in [-0.3, -0.25) is 9.79 Å². The van der Waals surface area contributed by atoms with Crippen molar-refractivity contribution < 1.29 is 4.79 Å². The Morgan fingerprint density at radius 2 is 2.12 bits per heavy atom. The van der Waals surface area contributed by atoms with Gasteiger partial charge in [0.2, 0.25) is 0 Å². The van der Waals surface area contributed by atoms with Gasteiger partial charge in [-0.05, 0) is 43.5 Å². The summed E-state index contributed by atoms with van der Waals surface area (Å²) in [4.78, 5) is 18.4. The summed E-state index contributed by atoms with van der Waals surface area (Å²) in [5.74, 6) is -0.0335. The molecule has 1 atom stereocenters. The highest BCUT2D eigenvalue weighted by molar-refractivity contribution is 8.00. The van der Waals surface area contributed by atoms with Crippen LogP contribution in [0.3, 0.4) is 0 Å². The number of thioether (sulfide) groups is 1. The van der Waals surface area contributed by atoms with Crippen LogP contribution in [-0.4, -0.2) is 23.4 Å². The third kappa shape index (κ3) is 5.21. The fourth-order valence-electron chi connectivity index (χ4n) is 2.79. The number of allylic oxidation sites excluding steroid dienone is 4. The fourth-order valence-corrected chi connectivity index (χ4v) is 3.89. The highest BCUT2D eigenvalue weighted by Gasteiger charge is 2.22. The first-order valence-corrected chi connectivity index (χ1v) is 10.1. The first-order valence-electron chi connectivity index (χ1n) is 9.26. The molecule has 2 rings (SSSR count). The van der Waals surface area contributed by atoms with Crippen molar-refractivity contribution in [2.75, 3.05) is 6.54 Å². The summed E-state index contributed by atoms with van der Waals surface area (Å²) >= 11 is 1.79. The molecule has 0 bridgehead atoms. The Labute approximate surface area is 161 Å². The number of rotatable bonds is 7. The lowest BCUT2D eigenvalue weighted by Crippen LogP contribution is -2.23. The van der Waals surface area contributed by atoms with Crippen LogP contribution in [0.4, 0.5) is 5.69 Å². The Kier molecular flexibility index (Phi) is 7.92. The average molecular weight is 369 g/mol. The summed E-state index contributed by atoms with van der Waals surface area (Å²) in [7, 11) is 0. The molecule has 1 N–H and O–H groups in total. The molecular formula is C22H28N2OS. The van der Waals surface area contributed by atoms with E-state index in [9.17, 15) is 4.79 Å². The Morgan fingerprint density at radius 3 is 2.81 bits per heavy atom. The maximum atomic E-state index is 12.3. The number of fused-ring (bicyclic) bond motifs is 1. The summed E-state index contributed by atoms with van der Waals surface area (Å²) in [6, 6.07) is 5.83. The van der Waals surface area contributed by atoms with Crippen LogP contribution in [0.15, 0.2) is 64.5 Å². The molecule has 0 radical (unpaired) electrons. The van der Waals surface area contributed by atoms with Crippen LogP contribution in [0.5, 0.6) is 0 Å². The van der Waals surface area contributed by atoms with Crippen molar-refractivity contribution in [3.8, 4) is 0 Å². The average Bonchev–Trinajstić information content (AvgIpc) is 2.76. The maximum Gasteiger partial charge on any atom is 0.251 e. The number of aliphatic imine (C=N–C) groups is 1. The van der Waals surface area contributed by atoms with E-state index in [-0.39, 0.29) is 5.91 Å². The lowest BCUT2D eigenvalue weighted by atomic mass is 10.0. The van der Waals surface area contributed by atoms with Gasteiger partial charge in [0.1, 0.15) is 0 Å². The standard InChI is InChI=1S/C22H28N2OS/c1-5-8-9-11-18-16(4)26-21-13-12-17(22(25)23-14-7-3)15-20(21)24-19(18)10-6-2/h5,8-9,11-13,15-16H,1,6-7,10,14H2,2-4H3,(H,23,25)/b9-8-,18-11+. The minimum atomic E-state index is -0.0335. The number of hydrogen-bond acceptors (Lipinski definition) is 3. The van der Waals surface area contributed by atoms with Crippen LogP contribution in [0.25, 0.3) is 0 Å². The Bertz CT molecular complexity index is 747. The lowest BCUT2D eigenvalue weighted by molar-refractivity contribution is 0.0953. The first-order chi connectivity index (χ1) is 12.6. The second-order valence-corrected chi connectivity index (χ2v) is 7.63.